The molecule has 3 N–H and O–H groups in total. The summed E-state index contributed by atoms with van der Waals surface area (Å²) in [4.78, 5) is 11.0. The maximum Gasteiger partial charge on any atom is 0.255 e. The largest absolute Gasteiger partial charge is 0.484 e. The predicted molar refractivity (Wildman–Crippen MR) is 88.0 cm³/mol. The monoisotopic (exact) mass is 334 g/mol. The van der Waals surface area contributed by atoms with Crippen molar-refractivity contribution >= 4 is 21.4 Å². The van der Waals surface area contributed by atoms with E-state index in [0.717, 1.165) is 5.56 Å². The van der Waals surface area contributed by atoms with E-state index in [9.17, 15) is 13.2 Å². The van der Waals surface area contributed by atoms with Gasteiger partial charge in [-0.1, -0.05) is 24.3 Å². The van der Waals surface area contributed by atoms with Gasteiger partial charge in [0.1, 0.15) is 5.75 Å². The molecule has 0 atom stereocenters. The summed E-state index contributed by atoms with van der Waals surface area (Å²) in [5.41, 5.74) is 6.46. The molecule has 0 saturated carbocycles. The first-order chi connectivity index (χ1) is 10.9. The van der Waals surface area contributed by atoms with Gasteiger partial charge in [0.15, 0.2) is 16.4 Å². The van der Waals surface area contributed by atoms with Crippen molar-refractivity contribution in [1.29, 1.82) is 0 Å². The quantitative estimate of drug-likeness (QED) is 0.801. The van der Waals surface area contributed by atoms with Crippen LogP contribution in [0.1, 0.15) is 5.56 Å². The number of rotatable bonds is 7. The number of primary amides is 1. The topological polar surface area (TPSA) is 98.5 Å². The number of nitrogens with one attached hydrogen (secondary N) is 1. The first kappa shape index (κ1) is 16.8. The maximum atomic E-state index is 11.8. The lowest BCUT2D eigenvalue weighted by Crippen LogP contribution is -2.20. The van der Waals surface area contributed by atoms with Crippen LogP contribution in [0.4, 0.5) is 5.69 Å². The minimum Gasteiger partial charge on any atom is -0.484 e. The van der Waals surface area contributed by atoms with Gasteiger partial charge in [-0.15, -0.1) is 0 Å². The third-order valence-corrected chi connectivity index (χ3v) is 4.20. The van der Waals surface area contributed by atoms with Crippen LogP contribution < -0.4 is 15.8 Å². The standard InChI is InChI=1S/C16H18N2O4S/c1-23(20,21)15-8-3-2-7-14(15)18-10-12-5-4-6-13(9-12)22-11-16(17)19/h2-9,18H,10-11H2,1H3,(H2,17,19). The zero-order valence-electron chi connectivity index (χ0n) is 12.7. The van der Waals surface area contributed by atoms with Crippen molar-refractivity contribution in [2.45, 2.75) is 11.4 Å². The Labute approximate surface area is 135 Å². The van der Waals surface area contributed by atoms with Crippen LogP contribution in [0.5, 0.6) is 5.75 Å². The number of hydrogen-bond acceptors (Lipinski definition) is 5. The fraction of sp³-hybridized carbons (Fsp3) is 0.188. The minimum atomic E-state index is -3.30. The molecule has 0 aliphatic heterocycles. The van der Waals surface area contributed by atoms with Gasteiger partial charge in [0.2, 0.25) is 0 Å². The molecule has 0 bridgehead atoms. The van der Waals surface area contributed by atoms with Gasteiger partial charge in [0.25, 0.3) is 5.91 Å². The van der Waals surface area contributed by atoms with Gasteiger partial charge in [-0.3, -0.25) is 4.79 Å². The maximum absolute atomic E-state index is 11.8. The second-order valence-electron chi connectivity index (χ2n) is 5.02. The van der Waals surface area contributed by atoms with Crippen molar-refractivity contribution in [2.24, 2.45) is 5.73 Å². The average Bonchev–Trinajstić information content (AvgIpc) is 2.51. The second-order valence-corrected chi connectivity index (χ2v) is 7.01. The van der Waals surface area contributed by atoms with Crippen LogP contribution in [-0.4, -0.2) is 27.2 Å². The molecule has 0 spiro atoms. The number of anilines is 1. The van der Waals surface area contributed by atoms with Gasteiger partial charge in [0.05, 0.1) is 10.6 Å². The van der Waals surface area contributed by atoms with E-state index >= 15 is 0 Å². The first-order valence-corrected chi connectivity index (χ1v) is 8.78. The summed E-state index contributed by atoms with van der Waals surface area (Å²) >= 11 is 0. The molecule has 0 aliphatic carbocycles. The predicted octanol–water partition coefficient (Wildman–Crippen LogP) is 1.57. The Bertz CT molecular complexity index is 803. The molecule has 0 aromatic heterocycles. The number of carbonyl (C=O) groups excluding carboxylic acids is 1. The molecular formula is C16H18N2O4S. The molecule has 122 valence electrons. The van der Waals surface area contributed by atoms with Gasteiger partial charge >= 0.3 is 0 Å². The number of ether oxygens (including phenoxy) is 1. The number of benzene rings is 2. The van der Waals surface area contributed by atoms with E-state index in [2.05, 4.69) is 5.32 Å². The van der Waals surface area contributed by atoms with Gasteiger partial charge in [0, 0.05) is 12.8 Å². The minimum absolute atomic E-state index is 0.187. The average molecular weight is 334 g/mol. The molecular weight excluding hydrogens is 316 g/mol. The molecule has 23 heavy (non-hydrogen) atoms. The SMILES string of the molecule is CS(=O)(=O)c1ccccc1NCc1cccc(OCC(N)=O)c1. The molecule has 0 unspecified atom stereocenters. The molecule has 7 heteroatoms. The summed E-state index contributed by atoms with van der Waals surface area (Å²) in [5, 5.41) is 3.10. The highest BCUT2D eigenvalue weighted by Crippen LogP contribution is 2.22. The van der Waals surface area contributed by atoms with Crippen LogP contribution in [0.15, 0.2) is 53.4 Å². The van der Waals surface area contributed by atoms with Crippen molar-refractivity contribution in [2.75, 3.05) is 18.2 Å². The number of para-hydroxylation sites is 1. The Morgan fingerprint density at radius 1 is 1.17 bits per heavy atom. The number of sulfone groups is 1. The lowest BCUT2D eigenvalue weighted by atomic mass is 10.2. The Morgan fingerprint density at radius 2 is 1.91 bits per heavy atom. The number of nitrogens with two attached hydrogens (primary N) is 1. The van der Waals surface area contributed by atoms with E-state index in [4.69, 9.17) is 10.5 Å². The normalized spacial score (nSPS) is 11.0. The van der Waals surface area contributed by atoms with E-state index in [0.29, 0.717) is 18.0 Å². The number of amides is 1. The molecule has 0 aliphatic rings. The summed E-state index contributed by atoms with van der Waals surface area (Å²) < 4.78 is 28.8. The molecule has 2 aromatic rings. The molecule has 6 nitrogen and oxygen atoms in total. The summed E-state index contributed by atoms with van der Waals surface area (Å²) in [5.74, 6) is -0.0184. The summed E-state index contributed by atoms with van der Waals surface area (Å²) in [6.45, 7) is 0.230. The summed E-state index contributed by atoms with van der Waals surface area (Å²) in [6, 6.07) is 13.9. The lowest BCUT2D eigenvalue weighted by Gasteiger charge is -2.11. The van der Waals surface area contributed by atoms with E-state index in [1.807, 2.05) is 6.07 Å². The molecule has 2 aromatic carbocycles. The molecule has 0 radical (unpaired) electrons. The third kappa shape index (κ3) is 5.00. The van der Waals surface area contributed by atoms with Gasteiger partial charge in [-0.05, 0) is 29.8 Å². The fourth-order valence-electron chi connectivity index (χ4n) is 2.03. The summed E-state index contributed by atoms with van der Waals surface area (Å²) in [7, 11) is -3.30. The Kier molecular flexibility index (Phi) is 5.23. The highest BCUT2D eigenvalue weighted by molar-refractivity contribution is 7.90. The zero-order chi connectivity index (χ0) is 16.9. The van der Waals surface area contributed by atoms with Gasteiger partial charge in [-0.2, -0.15) is 0 Å². The highest BCUT2D eigenvalue weighted by Gasteiger charge is 2.12. The molecule has 0 fully saturated rings. The van der Waals surface area contributed by atoms with Crippen molar-refractivity contribution in [3.8, 4) is 5.75 Å². The number of carbonyl (C=O) groups is 1. The third-order valence-electron chi connectivity index (χ3n) is 3.05. The Morgan fingerprint density at radius 3 is 2.61 bits per heavy atom. The van der Waals surface area contributed by atoms with E-state index in [1.54, 1.807) is 42.5 Å². The second kappa shape index (κ2) is 7.15. The fourth-order valence-corrected chi connectivity index (χ4v) is 2.90. The van der Waals surface area contributed by atoms with Crippen LogP contribution >= 0.6 is 0 Å². The Balaban J connectivity index is 2.10. The van der Waals surface area contributed by atoms with Gasteiger partial charge < -0.3 is 15.8 Å². The van der Waals surface area contributed by atoms with Crippen molar-refractivity contribution < 1.29 is 17.9 Å². The van der Waals surface area contributed by atoms with Crippen LogP contribution in [-0.2, 0) is 21.2 Å². The first-order valence-electron chi connectivity index (χ1n) is 6.89. The van der Waals surface area contributed by atoms with Crippen LogP contribution in [0, 0.1) is 0 Å². The summed E-state index contributed by atoms with van der Waals surface area (Å²) in [6.07, 6.45) is 1.17. The van der Waals surface area contributed by atoms with Crippen molar-refractivity contribution in [3.63, 3.8) is 0 Å². The van der Waals surface area contributed by atoms with Gasteiger partial charge in [-0.25, -0.2) is 8.42 Å². The van der Waals surface area contributed by atoms with Crippen LogP contribution in [0.25, 0.3) is 0 Å². The smallest absolute Gasteiger partial charge is 0.255 e. The molecule has 2 rings (SSSR count). The van der Waals surface area contributed by atoms with Crippen LogP contribution in [0.2, 0.25) is 0 Å². The number of hydrogen-bond donors (Lipinski definition) is 2. The highest BCUT2D eigenvalue weighted by atomic mass is 32.2. The Hall–Kier alpha value is -2.54. The molecule has 0 saturated heterocycles. The van der Waals surface area contributed by atoms with Crippen LogP contribution in [0.3, 0.4) is 0 Å². The lowest BCUT2D eigenvalue weighted by molar-refractivity contribution is -0.119. The van der Waals surface area contributed by atoms with E-state index in [-0.39, 0.29) is 11.5 Å². The van der Waals surface area contributed by atoms with E-state index in [1.165, 1.54) is 6.26 Å². The van der Waals surface area contributed by atoms with E-state index < -0.39 is 15.7 Å². The zero-order valence-corrected chi connectivity index (χ0v) is 13.5. The molecule has 0 heterocycles. The van der Waals surface area contributed by atoms with Crippen molar-refractivity contribution in [3.05, 3.63) is 54.1 Å². The molecule has 1 amide bonds. The van der Waals surface area contributed by atoms with Crippen molar-refractivity contribution in [1.82, 2.24) is 0 Å².